The van der Waals surface area contributed by atoms with Crippen molar-refractivity contribution in [2.45, 2.75) is 31.2 Å². The third kappa shape index (κ3) is 3.14. The van der Waals surface area contributed by atoms with Crippen LogP contribution in [-0.2, 0) is 14.8 Å². The Morgan fingerprint density at radius 1 is 1.44 bits per heavy atom. The Hall–Kier alpha value is -0.830. The number of aliphatic carboxylic acids is 1. The van der Waals surface area contributed by atoms with E-state index in [9.17, 15) is 26.4 Å². The van der Waals surface area contributed by atoms with Crippen LogP contribution < -0.4 is 0 Å². The first kappa shape index (κ1) is 15.2. The molecule has 106 valence electrons. The zero-order chi connectivity index (χ0) is 14.1. The summed E-state index contributed by atoms with van der Waals surface area (Å²) in [6, 6.07) is 0. The summed E-state index contributed by atoms with van der Waals surface area (Å²) in [6.45, 7) is 0.115. The van der Waals surface area contributed by atoms with Gasteiger partial charge < -0.3 is 5.11 Å². The van der Waals surface area contributed by atoms with Crippen molar-refractivity contribution in [1.82, 2.24) is 4.31 Å². The molecule has 0 radical (unpaired) electrons. The number of halogens is 3. The van der Waals surface area contributed by atoms with Gasteiger partial charge in [0.1, 0.15) is 0 Å². The lowest BCUT2D eigenvalue weighted by Gasteiger charge is -2.32. The van der Waals surface area contributed by atoms with Crippen molar-refractivity contribution in [1.29, 1.82) is 0 Å². The molecule has 0 aromatic heterocycles. The molecule has 1 heterocycles. The van der Waals surface area contributed by atoms with Gasteiger partial charge in [-0.05, 0) is 19.8 Å². The van der Waals surface area contributed by atoms with Gasteiger partial charge >= 0.3 is 12.1 Å². The van der Waals surface area contributed by atoms with E-state index < -0.39 is 39.9 Å². The van der Waals surface area contributed by atoms with E-state index in [1.54, 1.807) is 0 Å². The monoisotopic (exact) mass is 289 g/mol. The van der Waals surface area contributed by atoms with Crippen molar-refractivity contribution in [3.8, 4) is 0 Å². The summed E-state index contributed by atoms with van der Waals surface area (Å²) in [4.78, 5) is 10.7. The third-order valence-electron chi connectivity index (χ3n) is 3.00. The normalized spacial score (nSPS) is 24.8. The first-order chi connectivity index (χ1) is 8.06. The standard InChI is InChI=1S/C9H14F3NO4S/c1-6(9(10,11)12)18(16,17)13-4-2-3-7(5-13)8(14)15/h6-7H,2-5H2,1H3,(H,14,15). The number of carboxylic acid groups (broad SMARTS) is 1. The average Bonchev–Trinajstić information content (AvgIpc) is 2.27. The smallest absolute Gasteiger partial charge is 0.406 e. The molecule has 1 aliphatic heterocycles. The molecule has 2 unspecified atom stereocenters. The summed E-state index contributed by atoms with van der Waals surface area (Å²) in [5, 5.41) is 6.26. The highest BCUT2D eigenvalue weighted by molar-refractivity contribution is 7.89. The largest absolute Gasteiger partial charge is 0.481 e. The lowest BCUT2D eigenvalue weighted by atomic mass is 10.0. The molecule has 0 bridgehead atoms. The fourth-order valence-corrected chi connectivity index (χ4v) is 3.32. The predicted octanol–water partition coefficient (Wildman–Crippen LogP) is 1.06. The maximum Gasteiger partial charge on any atom is 0.406 e. The molecular weight excluding hydrogens is 275 g/mol. The van der Waals surface area contributed by atoms with E-state index in [0.717, 1.165) is 0 Å². The van der Waals surface area contributed by atoms with Crippen molar-refractivity contribution in [2.75, 3.05) is 13.1 Å². The van der Waals surface area contributed by atoms with Crippen molar-refractivity contribution in [2.24, 2.45) is 5.92 Å². The Morgan fingerprint density at radius 3 is 2.44 bits per heavy atom. The van der Waals surface area contributed by atoms with Crippen LogP contribution in [0.1, 0.15) is 19.8 Å². The summed E-state index contributed by atoms with van der Waals surface area (Å²) in [5.41, 5.74) is 0. The molecule has 5 nitrogen and oxygen atoms in total. The van der Waals surface area contributed by atoms with Crippen LogP contribution in [-0.4, -0.2) is 48.3 Å². The van der Waals surface area contributed by atoms with Crippen molar-refractivity contribution < 1.29 is 31.5 Å². The summed E-state index contributed by atoms with van der Waals surface area (Å²) >= 11 is 0. The van der Waals surface area contributed by atoms with Gasteiger partial charge in [-0.15, -0.1) is 0 Å². The SMILES string of the molecule is CC(C(F)(F)F)S(=O)(=O)N1CCCC(C(=O)O)C1. The molecule has 0 aliphatic carbocycles. The first-order valence-electron chi connectivity index (χ1n) is 5.35. The minimum Gasteiger partial charge on any atom is -0.481 e. The highest BCUT2D eigenvalue weighted by atomic mass is 32.2. The van der Waals surface area contributed by atoms with Gasteiger partial charge in [0, 0.05) is 13.1 Å². The molecule has 0 spiro atoms. The zero-order valence-corrected chi connectivity index (χ0v) is 10.5. The van der Waals surface area contributed by atoms with E-state index in [-0.39, 0.29) is 19.4 Å². The number of carbonyl (C=O) groups is 1. The van der Waals surface area contributed by atoms with Gasteiger partial charge in [-0.3, -0.25) is 4.79 Å². The Bertz CT molecular complexity index is 420. The van der Waals surface area contributed by atoms with Crippen LogP contribution in [0.3, 0.4) is 0 Å². The molecule has 18 heavy (non-hydrogen) atoms. The fraction of sp³-hybridized carbons (Fsp3) is 0.889. The molecular formula is C9H14F3NO4S. The number of rotatable bonds is 3. The Morgan fingerprint density at radius 2 is 2.00 bits per heavy atom. The zero-order valence-electron chi connectivity index (χ0n) is 9.64. The molecule has 1 N–H and O–H groups in total. The molecule has 0 aromatic carbocycles. The van der Waals surface area contributed by atoms with Crippen molar-refractivity contribution >= 4 is 16.0 Å². The van der Waals surface area contributed by atoms with Crippen LogP contribution in [0, 0.1) is 5.92 Å². The van der Waals surface area contributed by atoms with E-state index in [2.05, 4.69) is 0 Å². The van der Waals surface area contributed by atoms with Crippen LogP contribution in [0.2, 0.25) is 0 Å². The number of nitrogens with zero attached hydrogens (tertiary/aromatic N) is 1. The second-order valence-corrected chi connectivity index (χ2v) is 6.52. The molecule has 1 aliphatic rings. The van der Waals surface area contributed by atoms with E-state index >= 15 is 0 Å². The van der Waals surface area contributed by atoms with E-state index in [1.165, 1.54) is 0 Å². The maximum atomic E-state index is 12.4. The Kier molecular flexibility index (Phi) is 4.26. The summed E-state index contributed by atoms with van der Waals surface area (Å²) in [6.07, 6.45) is -4.32. The van der Waals surface area contributed by atoms with Crippen molar-refractivity contribution in [3.63, 3.8) is 0 Å². The summed E-state index contributed by atoms with van der Waals surface area (Å²) in [5.74, 6) is -2.12. The number of alkyl halides is 3. The van der Waals surface area contributed by atoms with Crippen molar-refractivity contribution in [3.05, 3.63) is 0 Å². The van der Waals surface area contributed by atoms with Gasteiger partial charge in [0.05, 0.1) is 5.92 Å². The average molecular weight is 289 g/mol. The predicted molar refractivity (Wildman–Crippen MR) is 56.4 cm³/mol. The second-order valence-electron chi connectivity index (χ2n) is 4.26. The molecule has 2 atom stereocenters. The Labute approximate surface area is 103 Å². The van der Waals surface area contributed by atoms with Crippen LogP contribution in [0.5, 0.6) is 0 Å². The molecule has 0 saturated carbocycles. The van der Waals surface area contributed by atoms with E-state index in [1.807, 2.05) is 0 Å². The fourth-order valence-electron chi connectivity index (χ4n) is 1.77. The quantitative estimate of drug-likeness (QED) is 0.843. The van der Waals surface area contributed by atoms with Gasteiger partial charge in [-0.1, -0.05) is 0 Å². The minimum absolute atomic E-state index is 0.0630. The van der Waals surface area contributed by atoms with E-state index in [0.29, 0.717) is 11.2 Å². The number of hydrogen-bond donors (Lipinski definition) is 1. The number of sulfonamides is 1. The number of carboxylic acids is 1. The molecule has 9 heteroatoms. The summed E-state index contributed by atoms with van der Waals surface area (Å²) < 4.78 is 61.4. The second kappa shape index (κ2) is 5.04. The molecule has 0 aromatic rings. The first-order valence-corrected chi connectivity index (χ1v) is 6.85. The lowest BCUT2D eigenvalue weighted by molar-refractivity contribution is -0.142. The van der Waals surface area contributed by atoms with Gasteiger partial charge in [0.2, 0.25) is 10.0 Å². The van der Waals surface area contributed by atoms with Gasteiger partial charge in [-0.2, -0.15) is 13.2 Å². The topological polar surface area (TPSA) is 74.7 Å². The maximum absolute atomic E-state index is 12.4. The van der Waals surface area contributed by atoms with E-state index in [4.69, 9.17) is 5.11 Å². The van der Waals surface area contributed by atoms with Gasteiger partial charge in [0.25, 0.3) is 0 Å². The number of piperidine rings is 1. The highest BCUT2D eigenvalue weighted by Gasteiger charge is 2.48. The summed E-state index contributed by atoms with van der Waals surface area (Å²) in [7, 11) is -4.54. The Balaban J connectivity index is 2.89. The van der Waals surface area contributed by atoms with Crippen LogP contribution in [0.15, 0.2) is 0 Å². The number of hydrogen-bond acceptors (Lipinski definition) is 3. The molecule has 1 saturated heterocycles. The third-order valence-corrected chi connectivity index (χ3v) is 5.21. The molecule has 1 fully saturated rings. The lowest BCUT2D eigenvalue weighted by Crippen LogP contribution is -2.49. The van der Waals surface area contributed by atoms with Gasteiger partial charge in [-0.25, -0.2) is 12.7 Å². The molecule has 1 rings (SSSR count). The molecule has 0 amide bonds. The minimum atomic E-state index is -4.85. The van der Waals surface area contributed by atoms with Crippen LogP contribution >= 0.6 is 0 Å². The van der Waals surface area contributed by atoms with Crippen LogP contribution in [0.25, 0.3) is 0 Å². The highest BCUT2D eigenvalue weighted by Crippen LogP contribution is 2.30. The van der Waals surface area contributed by atoms with Crippen LogP contribution in [0.4, 0.5) is 13.2 Å². The van der Waals surface area contributed by atoms with Gasteiger partial charge in [0.15, 0.2) is 5.25 Å².